The number of carbonyl (C=O) groups is 1. The molecule has 0 aliphatic carbocycles. The van der Waals surface area contributed by atoms with E-state index in [1.807, 2.05) is 11.4 Å². The largest absolute Gasteiger partial charge is 0.453 e. The number of ether oxygens (including phenoxy) is 1. The van der Waals surface area contributed by atoms with Gasteiger partial charge >= 0.3 is 6.09 Å². The van der Waals surface area contributed by atoms with Crippen molar-refractivity contribution in [1.82, 2.24) is 10.6 Å². The summed E-state index contributed by atoms with van der Waals surface area (Å²) in [6.07, 6.45) is 0.337. The summed E-state index contributed by atoms with van der Waals surface area (Å²) in [4.78, 5) is 12.0. The maximum atomic E-state index is 10.8. The second kappa shape index (κ2) is 6.36. The van der Waals surface area contributed by atoms with E-state index in [4.69, 9.17) is 12.2 Å². The Morgan fingerprint density at radius 1 is 1.67 bits per heavy atom. The van der Waals surface area contributed by atoms with Crippen molar-refractivity contribution in [1.29, 1.82) is 0 Å². The molecule has 6 heteroatoms. The minimum absolute atomic E-state index is 0.290. The SMILES string of the molecule is COC(=O)NC(=S)NCCc1cccs1. The molecule has 0 saturated heterocycles. The Hall–Kier alpha value is -1.14. The number of rotatable bonds is 3. The molecule has 0 radical (unpaired) electrons. The molecule has 0 spiro atoms. The highest BCUT2D eigenvalue weighted by Gasteiger charge is 2.02. The van der Waals surface area contributed by atoms with Crippen LogP contribution in [0.1, 0.15) is 4.88 Å². The van der Waals surface area contributed by atoms with Gasteiger partial charge in [0, 0.05) is 11.4 Å². The Morgan fingerprint density at radius 2 is 2.47 bits per heavy atom. The summed E-state index contributed by atoms with van der Waals surface area (Å²) in [7, 11) is 1.30. The Morgan fingerprint density at radius 3 is 3.07 bits per heavy atom. The molecular formula is C9H12N2O2S2. The van der Waals surface area contributed by atoms with Crippen LogP contribution in [-0.4, -0.2) is 24.9 Å². The van der Waals surface area contributed by atoms with E-state index in [1.165, 1.54) is 12.0 Å². The van der Waals surface area contributed by atoms with Crippen LogP contribution in [0.15, 0.2) is 17.5 Å². The second-order valence-corrected chi connectivity index (χ2v) is 4.14. The van der Waals surface area contributed by atoms with Crippen molar-refractivity contribution in [3.63, 3.8) is 0 Å². The lowest BCUT2D eigenvalue weighted by Crippen LogP contribution is -2.39. The summed E-state index contributed by atoms with van der Waals surface area (Å²) in [5.74, 6) is 0. The zero-order valence-electron chi connectivity index (χ0n) is 8.28. The average molecular weight is 244 g/mol. The molecule has 1 amide bonds. The minimum atomic E-state index is -0.552. The number of hydrogen-bond donors (Lipinski definition) is 2. The molecule has 0 atom stereocenters. The van der Waals surface area contributed by atoms with Gasteiger partial charge in [-0.25, -0.2) is 4.79 Å². The first-order valence-electron chi connectivity index (χ1n) is 4.37. The van der Waals surface area contributed by atoms with Gasteiger partial charge in [0.05, 0.1) is 7.11 Å². The first-order valence-corrected chi connectivity index (χ1v) is 5.66. The maximum absolute atomic E-state index is 10.8. The number of methoxy groups -OCH3 is 1. The number of amides is 1. The van der Waals surface area contributed by atoms with E-state index < -0.39 is 6.09 Å². The molecule has 0 aromatic carbocycles. The first kappa shape index (κ1) is 11.9. The van der Waals surface area contributed by atoms with Crippen LogP contribution < -0.4 is 10.6 Å². The number of thiocarbonyl (C=S) groups is 1. The van der Waals surface area contributed by atoms with Crippen LogP contribution in [0, 0.1) is 0 Å². The first-order chi connectivity index (χ1) is 7.22. The quantitative estimate of drug-likeness (QED) is 0.792. The highest BCUT2D eigenvalue weighted by Crippen LogP contribution is 2.07. The van der Waals surface area contributed by atoms with Crippen LogP contribution in [0.25, 0.3) is 0 Å². The van der Waals surface area contributed by atoms with Crippen LogP contribution in [0.3, 0.4) is 0 Å². The van der Waals surface area contributed by atoms with Crippen LogP contribution in [-0.2, 0) is 11.2 Å². The maximum Gasteiger partial charge on any atom is 0.413 e. The van der Waals surface area contributed by atoms with Gasteiger partial charge in [0.15, 0.2) is 5.11 Å². The Bertz CT molecular complexity index is 325. The monoisotopic (exact) mass is 244 g/mol. The third kappa shape index (κ3) is 4.75. The Balaban J connectivity index is 2.15. The van der Waals surface area contributed by atoms with Crippen molar-refractivity contribution in [3.8, 4) is 0 Å². The predicted octanol–water partition coefficient (Wildman–Crippen LogP) is 1.52. The average Bonchev–Trinajstić information content (AvgIpc) is 2.70. The van der Waals surface area contributed by atoms with E-state index in [-0.39, 0.29) is 0 Å². The summed E-state index contributed by atoms with van der Waals surface area (Å²) in [5.41, 5.74) is 0. The van der Waals surface area contributed by atoms with E-state index >= 15 is 0 Å². The van der Waals surface area contributed by atoms with Crippen molar-refractivity contribution in [2.75, 3.05) is 13.7 Å². The number of carbonyl (C=O) groups excluding carboxylic acids is 1. The number of thiophene rings is 1. The predicted molar refractivity (Wildman–Crippen MR) is 64.2 cm³/mol. The Labute approximate surface area is 97.6 Å². The number of hydrogen-bond acceptors (Lipinski definition) is 4. The molecule has 1 aromatic heterocycles. The van der Waals surface area contributed by atoms with Crippen LogP contribution >= 0.6 is 23.6 Å². The molecular weight excluding hydrogens is 232 g/mol. The van der Waals surface area contributed by atoms with Crippen molar-refractivity contribution in [2.24, 2.45) is 0 Å². The van der Waals surface area contributed by atoms with Crippen molar-refractivity contribution >= 4 is 34.8 Å². The highest BCUT2D eigenvalue weighted by molar-refractivity contribution is 7.80. The van der Waals surface area contributed by atoms with E-state index in [0.717, 1.165) is 6.42 Å². The normalized spacial score (nSPS) is 9.40. The van der Waals surface area contributed by atoms with Gasteiger partial charge < -0.3 is 10.1 Å². The van der Waals surface area contributed by atoms with E-state index in [0.29, 0.717) is 11.7 Å². The molecule has 0 saturated carbocycles. The van der Waals surface area contributed by atoms with E-state index in [1.54, 1.807) is 11.3 Å². The zero-order chi connectivity index (χ0) is 11.1. The molecule has 82 valence electrons. The van der Waals surface area contributed by atoms with Gasteiger partial charge in [-0.15, -0.1) is 11.3 Å². The van der Waals surface area contributed by atoms with Gasteiger partial charge in [0.25, 0.3) is 0 Å². The summed E-state index contributed by atoms with van der Waals surface area (Å²) >= 11 is 6.57. The van der Waals surface area contributed by atoms with Crippen LogP contribution in [0.5, 0.6) is 0 Å². The molecule has 2 N–H and O–H groups in total. The Kier molecular flexibility index (Phi) is 5.06. The molecule has 0 aliphatic rings. The van der Waals surface area contributed by atoms with Crippen LogP contribution in [0.4, 0.5) is 4.79 Å². The van der Waals surface area contributed by atoms with Gasteiger partial charge in [-0.3, -0.25) is 5.32 Å². The van der Waals surface area contributed by atoms with Gasteiger partial charge in [-0.05, 0) is 30.1 Å². The number of alkyl carbamates (subject to hydrolysis) is 1. The number of nitrogens with one attached hydrogen (secondary N) is 2. The molecule has 15 heavy (non-hydrogen) atoms. The van der Waals surface area contributed by atoms with Crippen molar-refractivity contribution < 1.29 is 9.53 Å². The van der Waals surface area contributed by atoms with Gasteiger partial charge in [-0.1, -0.05) is 6.07 Å². The summed E-state index contributed by atoms with van der Waals surface area (Å²) in [6, 6.07) is 4.06. The minimum Gasteiger partial charge on any atom is -0.453 e. The van der Waals surface area contributed by atoms with E-state index in [2.05, 4.69) is 21.4 Å². The van der Waals surface area contributed by atoms with Crippen molar-refractivity contribution in [3.05, 3.63) is 22.4 Å². The summed E-state index contributed by atoms with van der Waals surface area (Å²) in [6.45, 7) is 0.698. The topological polar surface area (TPSA) is 50.4 Å². The fourth-order valence-electron chi connectivity index (χ4n) is 0.942. The lowest BCUT2D eigenvalue weighted by molar-refractivity contribution is 0.176. The van der Waals surface area contributed by atoms with Gasteiger partial charge in [0.2, 0.25) is 0 Å². The molecule has 1 aromatic rings. The molecule has 0 aliphatic heterocycles. The van der Waals surface area contributed by atoms with Crippen LogP contribution in [0.2, 0.25) is 0 Å². The third-order valence-electron chi connectivity index (χ3n) is 1.64. The molecule has 0 fully saturated rings. The van der Waals surface area contributed by atoms with Crippen molar-refractivity contribution in [2.45, 2.75) is 6.42 Å². The fourth-order valence-corrected chi connectivity index (χ4v) is 1.84. The molecule has 1 heterocycles. The van der Waals surface area contributed by atoms with E-state index in [9.17, 15) is 4.79 Å². The fraction of sp³-hybridized carbons (Fsp3) is 0.333. The summed E-state index contributed by atoms with van der Waals surface area (Å²) in [5, 5.41) is 7.60. The summed E-state index contributed by atoms with van der Waals surface area (Å²) < 4.78 is 4.40. The molecule has 0 unspecified atom stereocenters. The third-order valence-corrected chi connectivity index (χ3v) is 2.82. The highest BCUT2D eigenvalue weighted by atomic mass is 32.1. The second-order valence-electron chi connectivity index (χ2n) is 2.70. The molecule has 0 bridgehead atoms. The zero-order valence-corrected chi connectivity index (χ0v) is 9.91. The van der Waals surface area contributed by atoms with Gasteiger partial charge in [-0.2, -0.15) is 0 Å². The standard InChI is InChI=1S/C9H12N2O2S2/c1-13-9(12)11-8(14)10-5-4-7-3-2-6-15-7/h2-3,6H,4-5H2,1H3,(H2,10,11,12,14). The van der Waals surface area contributed by atoms with Gasteiger partial charge in [0.1, 0.15) is 0 Å². The smallest absolute Gasteiger partial charge is 0.413 e. The lowest BCUT2D eigenvalue weighted by atomic mass is 10.3. The molecule has 1 rings (SSSR count). The molecule has 4 nitrogen and oxygen atoms in total. The lowest BCUT2D eigenvalue weighted by Gasteiger charge is -2.07.